The second-order valence-electron chi connectivity index (χ2n) is 5.63. The van der Waals surface area contributed by atoms with Crippen LogP contribution in [-0.4, -0.2) is 25.8 Å². The highest BCUT2D eigenvalue weighted by atomic mass is 19.4. The van der Waals surface area contributed by atoms with Crippen molar-refractivity contribution < 1.29 is 22.7 Å². The standard InChI is InChI=1S/C19H21F3N2O2/c20-19(21,22)16-9-4-5-10-17(16)24-18(25)23-12-6-13-26-14-11-15-7-2-1-3-8-15/h1-5,7-10H,6,11-14H2,(H2,23,24,25). The van der Waals surface area contributed by atoms with E-state index in [1.54, 1.807) is 0 Å². The van der Waals surface area contributed by atoms with Crippen LogP contribution in [-0.2, 0) is 17.3 Å². The summed E-state index contributed by atoms with van der Waals surface area (Å²) in [6.45, 7) is 1.35. The van der Waals surface area contributed by atoms with Crippen molar-refractivity contribution in [2.45, 2.75) is 19.0 Å². The number of carbonyl (C=O) groups excluding carboxylic acids is 1. The van der Waals surface area contributed by atoms with Gasteiger partial charge < -0.3 is 15.4 Å². The van der Waals surface area contributed by atoms with Crippen LogP contribution < -0.4 is 10.6 Å². The first-order valence-electron chi connectivity index (χ1n) is 8.29. The molecule has 2 aromatic rings. The predicted octanol–water partition coefficient (Wildman–Crippen LogP) is 4.48. The molecule has 26 heavy (non-hydrogen) atoms. The lowest BCUT2D eigenvalue weighted by molar-refractivity contribution is -0.136. The first-order valence-corrected chi connectivity index (χ1v) is 8.29. The maximum Gasteiger partial charge on any atom is 0.418 e. The minimum atomic E-state index is -4.52. The van der Waals surface area contributed by atoms with Gasteiger partial charge in [-0.1, -0.05) is 42.5 Å². The third-order valence-corrected chi connectivity index (χ3v) is 3.61. The number of carbonyl (C=O) groups is 1. The van der Waals surface area contributed by atoms with Gasteiger partial charge in [-0.3, -0.25) is 0 Å². The van der Waals surface area contributed by atoms with Crippen molar-refractivity contribution in [3.05, 3.63) is 65.7 Å². The highest BCUT2D eigenvalue weighted by Crippen LogP contribution is 2.34. The molecule has 0 spiro atoms. The fourth-order valence-electron chi connectivity index (χ4n) is 2.32. The van der Waals surface area contributed by atoms with E-state index < -0.39 is 17.8 Å². The normalized spacial score (nSPS) is 11.2. The Kier molecular flexibility index (Phi) is 7.47. The van der Waals surface area contributed by atoms with E-state index in [1.165, 1.54) is 23.8 Å². The molecule has 0 aromatic heterocycles. The summed E-state index contributed by atoms with van der Waals surface area (Å²) in [5.74, 6) is 0. The number of hydrogen-bond donors (Lipinski definition) is 2. The number of nitrogens with one attached hydrogen (secondary N) is 2. The molecule has 0 unspecified atom stereocenters. The zero-order chi connectivity index (χ0) is 18.8. The Hall–Kier alpha value is -2.54. The van der Waals surface area contributed by atoms with Crippen LogP contribution in [0, 0.1) is 0 Å². The molecular formula is C19H21F3N2O2. The Morgan fingerprint density at radius 2 is 1.65 bits per heavy atom. The first-order chi connectivity index (χ1) is 12.5. The average Bonchev–Trinajstić information content (AvgIpc) is 2.61. The Labute approximate surface area is 150 Å². The van der Waals surface area contributed by atoms with Crippen LogP contribution in [0.4, 0.5) is 23.7 Å². The van der Waals surface area contributed by atoms with Crippen molar-refractivity contribution in [3.63, 3.8) is 0 Å². The first kappa shape index (κ1) is 19.8. The zero-order valence-electron chi connectivity index (χ0n) is 14.2. The number of hydrogen-bond acceptors (Lipinski definition) is 2. The van der Waals surface area contributed by atoms with E-state index in [1.807, 2.05) is 30.3 Å². The van der Waals surface area contributed by atoms with E-state index in [0.29, 0.717) is 26.2 Å². The highest BCUT2D eigenvalue weighted by molar-refractivity contribution is 5.90. The molecule has 2 rings (SSSR count). The monoisotopic (exact) mass is 366 g/mol. The Morgan fingerprint density at radius 1 is 0.962 bits per heavy atom. The van der Waals surface area contributed by atoms with Gasteiger partial charge in [0.15, 0.2) is 0 Å². The SMILES string of the molecule is O=C(NCCCOCCc1ccccc1)Nc1ccccc1C(F)(F)F. The van der Waals surface area contributed by atoms with E-state index >= 15 is 0 Å². The molecule has 0 atom stereocenters. The summed E-state index contributed by atoms with van der Waals surface area (Å²) in [6, 6.07) is 14.1. The molecule has 0 aliphatic rings. The predicted molar refractivity (Wildman–Crippen MR) is 94.0 cm³/mol. The lowest BCUT2D eigenvalue weighted by Crippen LogP contribution is -2.31. The summed E-state index contributed by atoms with van der Waals surface area (Å²) >= 11 is 0. The minimum Gasteiger partial charge on any atom is -0.381 e. The van der Waals surface area contributed by atoms with Crippen molar-refractivity contribution in [3.8, 4) is 0 Å². The summed E-state index contributed by atoms with van der Waals surface area (Å²) in [4.78, 5) is 11.7. The van der Waals surface area contributed by atoms with Crippen LogP contribution in [0.3, 0.4) is 0 Å². The van der Waals surface area contributed by atoms with Crippen LogP contribution in [0.5, 0.6) is 0 Å². The topological polar surface area (TPSA) is 50.4 Å². The smallest absolute Gasteiger partial charge is 0.381 e. The van der Waals surface area contributed by atoms with Gasteiger partial charge >= 0.3 is 12.2 Å². The molecule has 0 fully saturated rings. The number of anilines is 1. The molecule has 0 saturated carbocycles. The maximum atomic E-state index is 12.9. The van der Waals surface area contributed by atoms with Crippen molar-refractivity contribution in [2.24, 2.45) is 0 Å². The van der Waals surface area contributed by atoms with Gasteiger partial charge in [0.1, 0.15) is 0 Å². The number of alkyl halides is 3. The number of benzene rings is 2. The minimum absolute atomic E-state index is 0.267. The molecule has 2 aromatic carbocycles. The summed E-state index contributed by atoms with van der Waals surface area (Å²) < 4.78 is 44.1. The maximum absolute atomic E-state index is 12.9. The van der Waals surface area contributed by atoms with E-state index in [0.717, 1.165) is 12.5 Å². The average molecular weight is 366 g/mol. The third kappa shape index (κ3) is 6.76. The Balaban J connectivity index is 1.62. The van der Waals surface area contributed by atoms with Gasteiger partial charge in [-0.25, -0.2) is 4.79 Å². The summed E-state index contributed by atoms with van der Waals surface area (Å²) in [5, 5.41) is 4.75. The quantitative estimate of drug-likeness (QED) is 0.677. The number of ether oxygens (including phenoxy) is 1. The van der Waals surface area contributed by atoms with Crippen LogP contribution in [0.2, 0.25) is 0 Å². The van der Waals surface area contributed by atoms with Crippen LogP contribution >= 0.6 is 0 Å². The van der Waals surface area contributed by atoms with Gasteiger partial charge in [-0.2, -0.15) is 13.2 Å². The largest absolute Gasteiger partial charge is 0.418 e. The third-order valence-electron chi connectivity index (χ3n) is 3.61. The van der Waals surface area contributed by atoms with E-state index in [4.69, 9.17) is 4.74 Å². The number of rotatable bonds is 8. The second-order valence-corrected chi connectivity index (χ2v) is 5.63. The molecule has 0 bridgehead atoms. The molecule has 0 aliphatic carbocycles. The molecule has 0 radical (unpaired) electrons. The van der Waals surface area contributed by atoms with Gasteiger partial charge in [-0.15, -0.1) is 0 Å². The van der Waals surface area contributed by atoms with E-state index in [9.17, 15) is 18.0 Å². The second kappa shape index (κ2) is 9.82. The fraction of sp³-hybridized carbons (Fsp3) is 0.316. The van der Waals surface area contributed by atoms with Crippen LogP contribution in [0.1, 0.15) is 17.5 Å². The number of amides is 2. The lowest BCUT2D eigenvalue weighted by atomic mass is 10.1. The molecule has 0 heterocycles. The number of para-hydroxylation sites is 1. The van der Waals surface area contributed by atoms with Gasteiger partial charge in [-0.05, 0) is 30.5 Å². The van der Waals surface area contributed by atoms with Crippen molar-refractivity contribution in [1.82, 2.24) is 5.32 Å². The molecule has 2 N–H and O–H groups in total. The zero-order valence-corrected chi connectivity index (χ0v) is 14.2. The lowest BCUT2D eigenvalue weighted by Gasteiger charge is -2.14. The van der Waals surface area contributed by atoms with Crippen LogP contribution in [0.15, 0.2) is 54.6 Å². The molecule has 7 heteroatoms. The van der Waals surface area contributed by atoms with E-state index in [-0.39, 0.29) is 5.69 Å². The molecule has 4 nitrogen and oxygen atoms in total. The van der Waals surface area contributed by atoms with Crippen molar-refractivity contribution in [2.75, 3.05) is 25.1 Å². The summed E-state index contributed by atoms with van der Waals surface area (Å²) in [6.07, 6.45) is -3.14. The van der Waals surface area contributed by atoms with Crippen molar-refractivity contribution >= 4 is 11.7 Å². The van der Waals surface area contributed by atoms with Crippen molar-refractivity contribution in [1.29, 1.82) is 0 Å². The molecule has 0 saturated heterocycles. The molecule has 2 amide bonds. The highest BCUT2D eigenvalue weighted by Gasteiger charge is 2.33. The summed E-state index contributed by atoms with van der Waals surface area (Å²) in [7, 11) is 0. The molecular weight excluding hydrogens is 345 g/mol. The molecule has 0 aliphatic heterocycles. The Bertz CT molecular complexity index is 691. The number of halogens is 3. The molecule has 140 valence electrons. The van der Waals surface area contributed by atoms with Crippen LogP contribution in [0.25, 0.3) is 0 Å². The Morgan fingerprint density at radius 3 is 2.38 bits per heavy atom. The van der Waals surface area contributed by atoms with Gasteiger partial charge in [0.25, 0.3) is 0 Å². The van der Waals surface area contributed by atoms with Gasteiger partial charge in [0.05, 0.1) is 17.9 Å². The summed E-state index contributed by atoms with van der Waals surface area (Å²) in [5.41, 5.74) is 0.0457. The number of urea groups is 1. The van der Waals surface area contributed by atoms with E-state index in [2.05, 4.69) is 10.6 Å². The van der Waals surface area contributed by atoms with Gasteiger partial charge in [0, 0.05) is 13.2 Å². The fourth-order valence-corrected chi connectivity index (χ4v) is 2.32. The van der Waals surface area contributed by atoms with Gasteiger partial charge in [0.2, 0.25) is 0 Å².